The lowest BCUT2D eigenvalue weighted by Gasteiger charge is -2.14. The van der Waals surface area contributed by atoms with Gasteiger partial charge in [0, 0.05) is 5.69 Å². The van der Waals surface area contributed by atoms with E-state index in [0.29, 0.717) is 27.0 Å². The number of ether oxygens (including phenoxy) is 1. The first kappa shape index (κ1) is 23.1. The first-order chi connectivity index (χ1) is 14.8. The fourth-order valence-electron chi connectivity index (χ4n) is 2.74. The molecule has 0 unspecified atom stereocenters. The van der Waals surface area contributed by atoms with Gasteiger partial charge in [-0.15, -0.1) is 0 Å². The van der Waals surface area contributed by atoms with Gasteiger partial charge >= 0.3 is 5.97 Å². The van der Waals surface area contributed by atoms with E-state index in [1.54, 1.807) is 54.6 Å². The summed E-state index contributed by atoms with van der Waals surface area (Å²) in [7, 11) is -3.77. The number of carbonyl (C=O) groups excluding carboxylic acids is 1. The lowest BCUT2D eigenvalue weighted by molar-refractivity contribution is -0.143. The summed E-state index contributed by atoms with van der Waals surface area (Å²) in [6.45, 7) is 1.39. The Bertz CT molecular complexity index is 1160. The number of benzene rings is 3. The van der Waals surface area contributed by atoms with E-state index in [1.165, 1.54) is 12.1 Å². The number of hydrogen-bond acceptors (Lipinski definition) is 5. The van der Waals surface area contributed by atoms with Crippen LogP contribution in [0, 0.1) is 6.92 Å². The molecule has 0 radical (unpaired) electrons. The highest BCUT2D eigenvalue weighted by molar-refractivity contribution is 7.89. The number of aryl methyl sites for hydroxylation is 1. The van der Waals surface area contributed by atoms with Crippen molar-refractivity contribution in [2.45, 2.75) is 18.2 Å². The summed E-state index contributed by atoms with van der Waals surface area (Å²) < 4.78 is 31.9. The second-order valence-electron chi connectivity index (χ2n) is 6.68. The van der Waals surface area contributed by atoms with Crippen molar-refractivity contribution in [3.8, 4) is 0 Å². The number of halogens is 2. The van der Waals surface area contributed by atoms with Crippen LogP contribution in [0.4, 0.5) is 11.4 Å². The second kappa shape index (κ2) is 10.2. The number of nitrogens with one attached hydrogen (secondary N) is 2. The number of sulfonamides is 1. The van der Waals surface area contributed by atoms with E-state index in [1.807, 2.05) is 6.92 Å². The van der Waals surface area contributed by atoms with Crippen molar-refractivity contribution in [2.24, 2.45) is 0 Å². The SMILES string of the molecule is Cc1ccc(S(=O)(=O)NCOC(=O)Cc2ccccc2Nc2c(Cl)cccc2Cl)cc1. The fourth-order valence-corrected chi connectivity index (χ4v) is 4.11. The first-order valence-corrected chi connectivity index (χ1v) is 11.5. The smallest absolute Gasteiger partial charge is 0.311 e. The average Bonchev–Trinajstić information content (AvgIpc) is 2.72. The van der Waals surface area contributed by atoms with Crippen LogP contribution in [-0.4, -0.2) is 21.1 Å². The van der Waals surface area contributed by atoms with Gasteiger partial charge in [0.05, 0.1) is 27.0 Å². The largest absolute Gasteiger partial charge is 0.448 e. The maximum atomic E-state index is 12.3. The third-order valence-electron chi connectivity index (χ3n) is 4.39. The zero-order chi connectivity index (χ0) is 22.4. The number of anilines is 2. The van der Waals surface area contributed by atoms with Crippen LogP contribution in [0.2, 0.25) is 10.0 Å². The van der Waals surface area contributed by atoms with Crippen LogP contribution < -0.4 is 10.0 Å². The van der Waals surface area contributed by atoms with Gasteiger partial charge in [-0.3, -0.25) is 4.79 Å². The highest BCUT2D eigenvalue weighted by Gasteiger charge is 2.16. The van der Waals surface area contributed by atoms with Crippen molar-refractivity contribution < 1.29 is 17.9 Å². The molecule has 0 spiro atoms. The van der Waals surface area contributed by atoms with Crippen molar-refractivity contribution in [2.75, 3.05) is 12.0 Å². The van der Waals surface area contributed by atoms with Gasteiger partial charge in [-0.2, -0.15) is 4.72 Å². The molecular weight excluding hydrogens is 459 g/mol. The van der Waals surface area contributed by atoms with Gasteiger partial charge in [0.1, 0.15) is 0 Å². The quantitative estimate of drug-likeness (QED) is 0.348. The molecule has 0 heterocycles. The summed E-state index contributed by atoms with van der Waals surface area (Å²) in [5.74, 6) is -0.592. The van der Waals surface area contributed by atoms with Crippen LogP contribution in [0.5, 0.6) is 0 Å². The molecule has 0 aliphatic heterocycles. The topological polar surface area (TPSA) is 84.5 Å². The molecule has 0 amide bonds. The molecule has 0 fully saturated rings. The predicted octanol–water partition coefficient (Wildman–Crippen LogP) is 5.07. The molecular formula is C22H20Cl2N2O4S. The molecule has 3 rings (SSSR count). The molecule has 0 aliphatic rings. The summed E-state index contributed by atoms with van der Waals surface area (Å²) >= 11 is 12.4. The van der Waals surface area contributed by atoms with Crippen LogP contribution in [-0.2, 0) is 26.0 Å². The summed E-state index contributed by atoms with van der Waals surface area (Å²) in [6, 6.07) is 18.6. The molecule has 3 aromatic carbocycles. The minimum atomic E-state index is -3.77. The van der Waals surface area contributed by atoms with Crippen LogP contribution in [0.25, 0.3) is 0 Å². The van der Waals surface area contributed by atoms with Crippen molar-refractivity contribution >= 4 is 50.6 Å². The van der Waals surface area contributed by atoms with E-state index in [0.717, 1.165) is 5.56 Å². The van der Waals surface area contributed by atoms with Crippen LogP contribution in [0.1, 0.15) is 11.1 Å². The Hall–Kier alpha value is -2.58. The Morgan fingerprint density at radius 2 is 1.58 bits per heavy atom. The van der Waals surface area contributed by atoms with Gasteiger partial charge in [-0.05, 0) is 42.8 Å². The zero-order valence-electron chi connectivity index (χ0n) is 16.6. The minimum Gasteiger partial charge on any atom is -0.448 e. The fraction of sp³-hybridized carbons (Fsp3) is 0.136. The lowest BCUT2D eigenvalue weighted by Crippen LogP contribution is -2.28. The molecule has 0 aliphatic carbocycles. The molecule has 0 saturated heterocycles. The molecule has 3 aromatic rings. The minimum absolute atomic E-state index is 0.0719. The molecule has 0 atom stereocenters. The number of carbonyl (C=O) groups is 1. The van der Waals surface area contributed by atoms with E-state index in [-0.39, 0.29) is 11.3 Å². The van der Waals surface area contributed by atoms with E-state index in [2.05, 4.69) is 10.0 Å². The lowest BCUT2D eigenvalue weighted by atomic mass is 10.1. The predicted molar refractivity (Wildman–Crippen MR) is 122 cm³/mol. The highest BCUT2D eigenvalue weighted by atomic mass is 35.5. The van der Waals surface area contributed by atoms with Gasteiger partial charge < -0.3 is 10.1 Å². The van der Waals surface area contributed by atoms with E-state index >= 15 is 0 Å². The Labute approximate surface area is 191 Å². The summed E-state index contributed by atoms with van der Waals surface area (Å²) in [4.78, 5) is 12.4. The van der Waals surface area contributed by atoms with Crippen molar-refractivity contribution in [3.63, 3.8) is 0 Å². The van der Waals surface area contributed by atoms with Crippen molar-refractivity contribution in [1.29, 1.82) is 0 Å². The molecule has 0 bridgehead atoms. The van der Waals surface area contributed by atoms with Crippen LogP contribution in [0.3, 0.4) is 0 Å². The van der Waals surface area contributed by atoms with Crippen LogP contribution >= 0.6 is 23.2 Å². The van der Waals surface area contributed by atoms with Crippen molar-refractivity contribution in [1.82, 2.24) is 4.72 Å². The van der Waals surface area contributed by atoms with Gasteiger partial charge in [-0.1, -0.05) is 65.2 Å². The molecule has 162 valence electrons. The number of esters is 1. The Morgan fingerprint density at radius 3 is 2.26 bits per heavy atom. The third-order valence-corrected chi connectivity index (χ3v) is 6.41. The monoisotopic (exact) mass is 478 g/mol. The number of para-hydroxylation sites is 2. The third kappa shape index (κ3) is 6.21. The van der Waals surface area contributed by atoms with Gasteiger partial charge in [0.15, 0.2) is 6.73 Å². The summed E-state index contributed by atoms with van der Waals surface area (Å²) in [5, 5.41) is 4.02. The maximum absolute atomic E-state index is 12.3. The summed E-state index contributed by atoms with van der Waals surface area (Å²) in [6.07, 6.45) is -0.0719. The number of rotatable bonds is 8. The van der Waals surface area contributed by atoms with Gasteiger partial charge in [-0.25, -0.2) is 8.42 Å². The molecule has 6 nitrogen and oxygen atoms in total. The van der Waals surface area contributed by atoms with Gasteiger partial charge in [0.2, 0.25) is 10.0 Å². The molecule has 0 saturated carbocycles. The maximum Gasteiger partial charge on any atom is 0.311 e. The Morgan fingerprint density at radius 1 is 0.935 bits per heavy atom. The Kier molecular flexibility index (Phi) is 7.56. The number of hydrogen-bond donors (Lipinski definition) is 2. The van der Waals surface area contributed by atoms with E-state index in [4.69, 9.17) is 27.9 Å². The van der Waals surface area contributed by atoms with E-state index in [9.17, 15) is 13.2 Å². The standard InChI is InChI=1S/C22H20Cl2N2O4S/c1-15-9-11-17(12-10-15)31(28,29)25-14-30-21(27)13-16-5-2-3-8-20(16)26-22-18(23)6-4-7-19(22)24/h2-12,25-26H,13-14H2,1H3. The zero-order valence-corrected chi connectivity index (χ0v) is 18.9. The molecule has 0 aromatic heterocycles. The van der Waals surface area contributed by atoms with Gasteiger partial charge in [0.25, 0.3) is 0 Å². The second-order valence-corrected chi connectivity index (χ2v) is 9.26. The normalized spacial score (nSPS) is 11.2. The molecule has 31 heavy (non-hydrogen) atoms. The first-order valence-electron chi connectivity index (χ1n) is 9.27. The molecule has 2 N–H and O–H groups in total. The van der Waals surface area contributed by atoms with Crippen LogP contribution in [0.15, 0.2) is 71.6 Å². The van der Waals surface area contributed by atoms with E-state index < -0.39 is 22.7 Å². The average molecular weight is 479 g/mol. The Balaban J connectivity index is 1.62. The highest BCUT2D eigenvalue weighted by Crippen LogP contribution is 2.33. The molecule has 9 heteroatoms. The summed E-state index contributed by atoms with van der Waals surface area (Å²) in [5.41, 5.74) is 2.74. The van der Waals surface area contributed by atoms with Crippen molar-refractivity contribution in [3.05, 3.63) is 87.9 Å².